The summed E-state index contributed by atoms with van der Waals surface area (Å²) in [6.45, 7) is 4.76. The van der Waals surface area contributed by atoms with Crippen molar-refractivity contribution in [1.82, 2.24) is 9.80 Å². The SMILES string of the molecule is O=C(COc1coc(CN2CCSCC2)cc1=O)N1CCN(c2ccc(F)cc2)CC1. The topological polar surface area (TPSA) is 66.2 Å². The number of anilines is 1. The number of hydrogen-bond donors (Lipinski definition) is 0. The van der Waals surface area contributed by atoms with Crippen LogP contribution in [0.5, 0.6) is 5.75 Å². The summed E-state index contributed by atoms with van der Waals surface area (Å²) in [5, 5.41) is 0. The first-order chi connectivity index (χ1) is 15.1. The third-order valence-electron chi connectivity index (χ3n) is 5.51. The molecule has 1 aromatic heterocycles. The lowest BCUT2D eigenvalue weighted by Crippen LogP contribution is -2.50. The third-order valence-corrected chi connectivity index (χ3v) is 6.45. The van der Waals surface area contributed by atoms with Crippen LogP contribution in [0.1, 0.15) is 5.76 Å². The molecule has 9 heteroatoms. The number of carbonyl (C=O) groups excluding carboxylic acids is 1. The standard InChI is InChI=1S/C22H26FN3O4S/c23-17-1-3-18(4-2-17)25-5-7-26(8-6-25)22(28)16-30-21-15-29-19(13-20(21)27)14-24-9-11-31-12-10-24/h1-4,13,15H,5-12,14,16H2. The lowest BCUT2D eigenvalue weighted by Gasteiger charge is -2.36. The number of rotatable bonds is 6. The number of carbonyl (C=O) groups is 1. The molecule has 4 rings (SSSR count). The number of benzene rings is 1. The number of amides is 1. The fourth-order valence-electron chi connectivity index (χ4n) is 3.70. The smallest absolute Gasteiger partial charge is 0.260 e. The van der Waals surface area contributed by atoms with E-state index in [2.05, 4.69) is 9.80 Å². The lowest BCUT2D eigenvalue weighted by molar-refractivity contribution is -0.133. The zero-order valence-electron chi connectivity index (χ0n) is 17.3. The molecule has 2 aromatic rings. The number of hydrogen-bond acceptors (Lipinski definition) is 7. The van der Waals surface area contributed by atoms with Crippen LogP contribution in [0.3, 0.4) is 0 Å². The summed E-state index contributed by atoms with van der Waals surface area (Å²) in [5.74, 6) is 2.40. The first kappa shape index (κ1) is 21.7. The van der Waals surface area contributed by atoms with Gasteiger partial charge in [-0.2, -0.15) is 11.8 Å². The van der Waals surface area contributed by atoms with Gasteiger partial charge in [-0.15, -0.1) is 0 Å². The van der Waals surface area contributed by atoms with Gasteiger partial charge in [-0.1, -0.05) is 0 Å². The monoisotopic (exact) mass is 447 g/mol. The van der Waals surface area contributed by atoms with Gasteiger partial charge in [-0.3, -0.25) is 14.5 Å². The maximum Gasteiger partial charge on any atom is 0.260 e. The van der Waals surface area contributed by atoms with Crippen LogP contribution in [0.4, 0.5) is 10.1 Å². The van der Waals surface area contributed by atoms with Gasteiger partial charge in [0.25, 0.3) is 5.91 Å². The van der Waals surface area contributed by atoms with Crippen LogP contribution in [0.25, 0.3) is 0 Å². The van der Waals surface area contributed by atoms with Crippen molar-refractivity contribution in [2.75, 3.05) is 62.3 Å². The minimum absolute atomic E-state index is 0.0521. The van der Waals surface area contributed by atoms with Gasteiger partial charge in [-0.25, -0.2) is 4.39 Å². The first-order valence-corrected chi connectivity index (χ1v) is 11.6. The van der Waals surface area contributed by atoms with Crippen molar-refractivity contribution in [1.29, 1.82) is 0 Å². The van der Waals surface area contributed by atoms with Crippen molar-refractivity contribution < 1.29 is 18.3 Å². The number of thioether (sulfide) groups is 1. The van der Waals surface area contributed by atoms with Crippen LogP contribution in [-0.4, -0.2) is 73.1 Å². The molecule has 3 heterocycles. The summed E-state index contributed by atoms with van der Waals surface area (Å²) in [6.07, 6.45) is 1.30. The van der Waals surface area contributed by atoms with Crippen molar-refractivity contribution in [2.45, 2.75) is 6.54 Å². The molecule has 0 atom stereocenters. The predicted octanol–water partition coefficient (Wildman–Crippen LogP) is 2.06. The highest BCUT2D eigenvalue weighted by atomic mass is 32.2. The molecule has 0 saturated carbocycles. The quantitative estimate of drug-likeness (QED) is 0.672. The second-order valence-electron chi connectivity index (χ2n) is 7.60. The first-order valence-electron chi connectivity index (χ1n) is 10.4. The molecule has 0 radical (unpaired) electrons. The number of nitrogens with zero attached hydrogens (tertiary/aromatic N) is 3. The van der Waals surface area contributed by atoms with Gasteiger partial charge in [0.15, 0.2) is 6.61 Å². The van der Waals surface area contributed by atoms with Crippen LogP contribution >= 0.6 is 11.8 Å². The third kappa shape index (κ3) is 5.80. The lowest BCUT2D eigenvalue weighted by atomic mass is 10.2. The van der Waals surface area contributed by atoms with E-state index in [0.717, 1.165) is 30.3 Å². The molecule has 2 aliphatic rings. The van der Waals surface area contributed by atoms with E-state index >= 15 is 0 Å². The Hall–Kier alpha value is -2.52. The molecule has 1 amide bonds. The Balaban J connectivity index is 1.25. The van der Waals surface area contributed by atoms with E-state index in [1.165, 1.54) is 24.5 Å². The molecule has 0 bridgehead atoms. The molecule has 2 fully saturated rings. The van der Waals surface area contributed by atoms with Gasteiger partial charge in [0.1, 0.15) is 17.8 Å². The predicted molar refractivity (Wildman–Crippen MR) is 118 cm³/mol. The number of piperazine rings is 1. The summed E-state index contributed by atoms with van der Waals surface area (Å²) < 4.78 is 24.1. The molecule has 0 N–H and O–H groups in total. The molecule has 2 saturated heterocycles. The molecule has 0 spiro atoms. The van der Waals surface area contributed by atoms with E-state index in [0.29, 0.717) is 38.5 Å². The Kier molecular flexibility index (Phi) is 7.14. The summed E-state index contributed by atoms with van der Waals surface area (Å²) in [7, 11) is 0. The zero-order chi connectivity index (χ0) is 21.6. The maximum atomic E-state index is 13.1. The Morgan fingerprint density at radius 3 is 2.45 bits per heavy atom. The Bertz CT molecular complexity index is 939. The van der Waals surface area contributed by atoms with E-state index in [-0.39, 0.29) is 29.5 Å². The molecule has 0 unspecified atom stereocenters. The van der Waals surface area contributed by atoms with Gasteiger partial charge < -0.3 is 19.0 Å². The Morgan fingerprint density at radius 1 is 1.06 bits per heavy atom. The average molecular weight is 448 g/mol. The van der Waals surface area contributed by atoms with E-state index in [1.54, 1.807) is 17.0 Å². The number of halogens is 1. The van der Waals surface area contributed by atoms with E-state index in [1.807, 2.05) is 11.8 Å². The van der Waals surface area contributed by atoms with Crippen LogP contribution in [0.2, 0.25) is 0 Å². The zero-order valence-corrected chi connectivity index (χ0v) is 18.1. The minimum Gasteiger partial charge on any atom is -0.477 e. The minimum atomic E-state index is -0.276. The van der Waals surface area contributed by atoms with Crippen LogP contribution in [-0.2, 0) is 11.3 Å². The van der Waals surface area contributed by atoms with Crippen molar-refractivity contribution in [3.8, 4) is 5.75 Å². The molecular formula is C22H26FN3O4S. The van der Waals surface area contributed by atoms with E-state index in [4.69, 9.17) is 9.15 Å². The largest absolute Gasteiger partial charge is 0.477 e. The van der Waals surface area contributed by atoms with Crippen molar-refractivity contribution in [2.24, 2.45) is 0 Å². The highest BCUT2D eigenvalue weighted by Crippen LogP contribution is 2.17. The number of ether oxygens (including phenoxy) is 1. The fraction of sp³-hybridized carbons (Fsp3) is 0.455. The van der Waals surface area contributed by atoms with Crippen molar-refractivity contribution in [3.05, 3.63) is 58.4 Å². The van der Waals surface area contributed by atoms with E-state index in [9.17, 15) is 14.0 Å². The van der Waals surface area contributed by atoms with Crippen molar-refractivity contribution >= 4 is 23.4 Å². The van der Waals surface area contributed by atoms with Gasteiger partial charge in [0.2, 0.25) is 11.2 Å². The molecule has 31 heavy (non-hydrogen) atoms. The highest BCUT2D eigenvalue weighted by Gasteiger charge is 2.22. The molecule has 2 aliphatic heterocycles. The van der Waals surface area contributed by atoms with Crippen LogP contribution in [0.15, 0.2) is 45.8 Å². The van der Waals surface area contributed by atoms with Crippen LogP contribution in [0, 0.1) is 5.82 Å². The van der Waals surface area contributed by atoms with Crippen molar-refractivity contribution in [3.63, 3.8) is 0 Å². The maximum absolute atomic E-state index is 13.1. The van der Waals surface area contributed by atoms with Gasteiger partial charge in [0, 0.05) is 62.5 Å². The molecule has 0 aliphatic carbocycles. The van der Waals surface area contributed by atoms with Crippen LogP contribution < -0.4 is 15.1 Å². The van der Waals surface area contributed by atoms with E-state index < -0.39 is 0 Å². The van der Waals surface area contributed by atoms with Gasteiger partial charge in [-0.05, 0) is 24.3 Å². The Labute approximate surface area is 184 Å². The molecular weight excluding hydrogens is 421 g/mol. The average Bonchev–Trinajstić information content (AvgIpc) is 2.80. The normalized spacial score (nSPS) is 17.6. The Morgan fingerprint density at radius 2 is 1.77 bits per heavy atom. The molecule has 1 aromatic carbocycles. The molecule has 7 nitrogen and oxygen atoms in total. The summed E-state index contributed by atoms with van der Waals surface area (Å²) in [6, 6.07) is 7.79. The fourth-order valence-corrected chi connectivity index (χ4v) is 4.68. The van der Waals surface area contributed by atoms with Gasteiger partial charge in [0.05, 0.1) is 6.54 Å². The summed E-state index contributed by atoms with van der Waals surface area (Å²) in [4.78, 5) is 30.9. The second kappa shape index (κ2) is 10.2. The van der Waals surface area contributed by atoms with Gasteiger partial charge >= 0.3 is 0 Å². The highest BCUT2D eigenvalue weighted by molar-refractivity contribution is 7.99. The summed E-state index contributed by atoms with van der Waals surface area (Å²) in [5.41, 5.74) is 0.660. The molecule has 166 valence electrons. The second-order valence-corrected chi connectivity index (χ2v) is 8.82. The summed E-state index contributed by atoms with van der Waals surface area (Å²) >= 11 is 1.93.